The standard InChI is InChI=1S/C15H22BrN/c1-11(2)14-5-3-4-6-15(14)17-13-9-7-12(16)8-10-13/h7-11,14-15,17H,3-6H2,1-2H3. The van der Waals surface area contributed by atoms with Gasteiger partial charge in [-0.1, -0.05) is 42.6 Å². The van der Waals surface area contributed by atoms with Gasteiger partial charge in [-0.25, -0.2) is 0 Å². The number of anilines is 1. The molecule has 1 saturated carbocycles. The van der Waals surface area contributed by atoms with E-state index in [-0.39, 0.29) is 0 Å². The molecule has 1 N–H and O–H groups in total. The van der Waals surface area contributed by atoms with Crippen LogP contribution in [0.5, 0.6) is 0 Å². The van der Waals surface area contributed by atoms with Crippen LogP contribution in [0.15, 0.2) is 28.7 Å². The second-order valence-corrected chi connectivity index (χ2v) is 6.37. The average molecular weight is 296 g/mol. The lowest BCUT2D eigenvalue weighted by Gasteiger charge is -2.35. The van der Waals surface area contributed by atoms with Crippen LogP contribution >= 0.6 is 15.9 Å². The van der Waals surface area contributed by atoms with Gasteiger partial charge in [-0.05, 0) is 48.9 Å². The topological polar surface area (TPSA) is 12.0 Å². The predicted octanol–water partition coefficient (Wildman–Crippen LogP) is 5.08. The molecule has 1 nitrogen and oxygen atoms in total. The largest absolute Gasteiger partial charge is 0.382 e. The fraction of sp³-hybridized carbons (Fsp3) is 0.600. The van der Waals surface area contributed by atoms with Crippen LogP contribution in [0.2, 0.25) is 0 Å². The first kappa shape index (κ1) is 12.9. The second kappa shape index (κ2) is 5.90. The number of nitrogens with one attached hydrogen (secondary N) is 1. The van der Waals surface area contributed by atoms with Crippen molar-refractivity contribution in [3.63, 3.8) is 0 Å². The third kappa shape index (κ3) is 3.48. The second-order valence-electron chi connectivity index (χ2n) is 5.45. The quantitative estimate of drug-likeness (QED) is 0.820. The molecule has 0 aliphatic heterocycles. The summed E-state index contributed by atoms with van der Waals surface area (Å²) < 4.78 is 1.15. The Balaban J connectivity index is 2.02. The molecule has 0 aromatic heterocycles. The minimum atomic E-state index is 0.657. The zero-order valence-electron chi connectivity index (χ0n) is 10.7. The lowest BCUT2D eigenvalue weighted by molar-refractivity contribution is 0.254. The Kier molecular flexibility index (Phi) is 4.49. The first-order valence-corrected chi connectivity index (χ1v) is 7.48. The van der Waals surface area contributed by atoms with Gasteiger partial charge in [0, 0.05) is 16.2 Å². The summed E-state index contributed by atoms with van der Waals surface area (Å²) in [5.41, 5.74) is 1.26. The zero-order valence-corrected chi connectivity index (χ0v) is 12.3. The van der Waals surface area contributed by atoms with E-state index in [0.29, 0.717) is 6.04 Å². The molecule has 1 aromatic rings. The number of hydrogen-bond donors (Lipinski definition) is 1. The molecule has 1 aliphatic rings. The molecule has 17 heavy (non-hydrogen) atoms. The molecule has 0 bridgehead atoms. The van der Waals surface area contributed by atoms with E-state index < -0.39 is 0 Å². The van der Waals surface area contributed by atoms with E-state index in [0.717, 1.165) is 16.3 Å². The van der Waals surface area contributed by atoms with E-state index >= 15 is 0 Å². The molecule has 2 unspecified atom stereocenters. The number of halogens is 1. The molecule has 2 atom stereocenters. The van der Waals surface area contributed by atoms with Crippen molar-refractivity contribution in [3.05, 3.63) is 28.7 Å². The summed E-state index contributed by atoms with van der Waals surface area (Å²) >= 11 is 3.48. The molecule has 0 amide bonds. The van der Waals surface area contributed by atoms with Crippen molar-refractivity contribution >= 4 is 21.6 Å². The first-order chi connectivity index (χ1) is 8.16. The summed E-state index contributed by atoms with van der Waals surface area (Å²) in [6.07, 6.45) is 5.48. The van der Waals surface area contributed by atoms with Crippen molar-refractivity contribution in [2.45, 2.75) is 45.6 Å². The van der Waals surface area contributed by atoms with Crippen molar-refractivity contribution in [1.82, 2.24) is 0 Å². The average Bonchev–Trinajstić information content (AvgIpc) is 2.32. The van der Waals surface area contributed by atoms with Gasteiger partial charge in [0.05, 0.1) is 0 Å². The fourth-order valence-electron chi connectivity index (χ4n) is 2.90. The Morgan fingerprint density at radius 2 is 1.76 bits per heavy atom. The van der Waals surface area contributed by atoms with Gasteiger partial charge in [0.25, 0.3) is 0 Å². The smallest absolute Gasteiger partial charge is 0.0343 e. The highest BCUT2D eigenvalue weighted by Crippen LogP contribution is 2.32. The van der Waals surface area contributed by atoms with Crippen molar-refractivity contribution in [2.24, 2.45) is 11.8 Å². The molecule has 94 valence electrons. The van der Waals surface area contributed by atoms with Crippen LogP contribution in [-0.4, -0.2) is 6.04 Å². The van der Waals surface area contributed by atoms with E-state index in [1.54, 1.807) is 0 Å². The Hall–Kier alpha value is -0.500. The highest BCUT2D eigenvalue weighted by molar-refractivity contribution is 9.10. The third-order valence-corrected chi connectivity index (χ3v) is 4.40. The van der Waals surface area contributed by atoms with Gasteiger partial charge in [-0.15, -0.1) is 0 Å². The van der Waals surface area contributed by atoms with Crippen LogP contribution in [0.1, 0.15) is 39.5 Å². The summed E-state index contributed by atoms with van der Waals surface area (Å²) in [6, 6.07) is 9.20. The van der Waals surface area contributed by atoms with E-state index in [4.69, 9.17) is 0 Å². The molecule has 0 radical (unpaired) electrons. The van der Waals surface area contributed by atoms with Gasteiger partial charge >= 0.3 is 0 Å². The molecule has 0 heterocycles. The molecule has 0 spiro atoms. The van der Waals surface area contributed by atoms with Crippen LogP contribution in [0, 0.1) is 11.8 Å². The maximum absolute atomic E-state index is 3.72. The molecule has 1 aromatic carbocycles. The monoisotopic (exact) mass is 295 g/mol. The molecule has 0 saturated heterocycles. The maximum atomic E-state index is 3.72. The van der Waals surface area contributed by atoms with Gasteiger partial charge in [0.15, 0.2) is 0 Å². The maximum Gasteiger partial charge on any atom is 0.0343 e. The molecular weight excluding hydrogens is 274 g/mol. The Labute approximate surface area is 113 Å². The van der Waals surface area contributed by atoms with Gasteiger partial charge in [0.2, 0.25) is 0 Å². The SMILES string of the molecule is CC(C)C1CCCCC1Nc1ccc(Br)cc1. The minimum Gasteiger partial charge on any atom is -0.382 e. The summed E-state index contributed by atoms with van der Waals surface area (Å²) in [7, 11) is 0. The lowest BCUT2D eigenvalue weighted by atomic mass is 9.78. The molecule has 2 heteroatoms. The Morgan fingerprint density at radius 3 is 2.41 bits per heavy atom. The minimum absolute atomic E-state index is 0.657. The van der Waals surface area contributed by atoms with Crippen LogP contribution < -0.4 is 5.32 Å². The third-order valence-electron chi connectivity index (χ3n) is 3.87. The number of benzene rings is 1. The molecular formula is C15H22BrN. The molecule has 1 fully saturated rings. The van der Waals surface area contributed by atoms with Gasteiger partial charge in [0.1, 0.15) is 0 Å². The van der Waals surface area contributed by atoms with Crippen LogP contribution in [0.3, 0.4) is 0 Å². The first-order valence-electron chi connectivity index (χ1n) is 6.69. The Bertz CT molecular complexity index is 344. The van der Waals surface area contributed by atoms with E-state index in [1.165, 1.54) is 31.4 Å². The highest BCUT2D eigenvalue weighted by atomic mass is 79.9. The zero-order chi connectivity index (χ0) is 12.3. The van der Waals surface area contributed by atoms with Crippen LogP contribution in [0.4, 0.5) is 5.69 Å². The van der Waals surface area contributed by atoms with Crippen molar-refractivity contribution in [3.8, 4) is 0 Å². The van der Waals surface area contributed by atoms with Gasteiger partial charge < -0.3 is 5.32 Å². The summed E-state index contributed by atoms with van der Waals surface area (Å²) in [5.74, 6) is 1.61. The number of rotatable bonds is 3. The van der Waals surface area contributed by atoms with Crippen LogP contribution in [-0.2, 0) is 0 Å². The van der Waals surface area contributed by atoms with Crippen LogP contribution in [0.25, 0.3) is 0 Å². The summed E-state index contributed by atoms with van der Waals surface area (Å²) in [4.78, 5) is 0. The highest BCUT2D eigenvalue weighted by Gasteiger charge is 2.27. The lowest BCUT2D eigenvalue weighted by Crippen LogP contribution is -2.35. The Morgan fingerprint density at radius 1 is 1.12 bits per heavy atom. The van der Waals surface area contributed by atoms with Gasteiger partial charge in [-0.3, -0.25) is 0 Å². The molecule has 1 aliphatic carbocycles. The van der Waals surface area contributed by atoms with E-state index in [2.05, 4.69) is 59.4 Å². The fourth-order valence-corrected chi connectivity index (χ4v) is 3.16. The van der Waals surface area contributed by atoms with E-state index in [9.17, 15) is 0 Å². The van der Waals surface area contributed by atoms with Crippen molar-refractivity contribution in [2.75, 3.05) is 5.32 Å². The summed E-state index contributed by atoms with van der Waals surface area (Å²) in [6.45, 7) is 4.71. The predicted molar refractivity (Wildman–Crippen MR) is 78.3 cm³/mol. The number of hydrogen-bond acceptors (Lipinski definition) is 1. The van der Waals surface area contributed by atoms with Crippen molar-refractivity contribution < 1.29 is 0 Å². The molecule has 2 rings (SSSR count). The normalized spacial score (nSPS) is 24.9. The van der Waals surface area contributed by atoms with Gasteiger partial charge in [-0.2, -0.15) is 0 Å². The van der Waals surface area contributed by atoms with E-state index in [1.807, 2.05) is 0 Å². The summed E-state index contributed by atoms with van der Waals surface area (Å²) in [5, 5.41) is 3.72. The van der Waals surface area contributed by atoms with Crippen molar-refractivity contribution in [1.29, 1.82) is 0 Å².